The fourth-order valence-electron chi connectivity index (χ4n) is 3.54. The summed E-state index contributed by atoms with van der Waals surface area (Å²) in [4.78, 5) is 18.3. The lowest BCUT2D eigenvalue weighted by Crippen LogP contribution is -2.55. The fraction of sp³-hybridized carbons (Fsp3) is 0.385. The van der Waals surface area contributed by atoms with E-state index in [1.807, 2.05) is 26.0 Å². The zero-order valence-electron chi connectivity index (χ0n) is 20.1. The van der Waals surface area contributed by atoms with Crippen LogP contribution in [0.5, 0.6) is 0 Å². The largest absolute Gasteiger partial charge is 0.387 e. The minimum atomic E-state index is -0.309. The zero-order chi connectivity index (χ0) is 25.7. The second kappa shape index (κ2) is 13.7. The molecule has 1 saturated heterocycles. The number of nitrogens with zero attached hydrogens (tertiary/aromatic N) is 3. The number of hydrogen-bond acceptors (Lipinski definition) is 6. The highest BCUT2D eigenvalue weighted by atomic mass is 19.1. The van der Waals surface area contributed by atoms with Gasteiger partial charge in [-0.3, -0.25) is 14.8 Å². The van der Waals surface area contributed by atoms with Crippen molar-refractivity contribution in [3.05, 3.63) is 59.2 Å². The first-order chi connectivity index (χ1) is 16.2. The van der Waals surface area contributed by atoms with Gasteiger partial charge in [-0.25, -0.2) is 4.39 Å². The zero-order valence-corrected chi connectivity index (χ0v) is 20.1. The molecule has 0 bridgehead atoms. The van der Waals surface area contributed by atoms with Gasteiger partial charge >= 0.3 is 0 Å². The van der Waals surface area contributed by atoms with Gasteiger partial charge in [-0.2, -0.15) is 5.26 Å². The van der Waals surface area contributed by atoms with Crippen molar-refractivity contribution in [1.29, 1.82) is 5.26 Å². The van der Waals surface area contributed by atoms with Gasteiger partial charge in [0.1, 0.15) is 11.9 Å². The first-order valence-electron chi connectivity index (χ1n) is 10.7. The molecule has 1 fully saturated rings. The number of benzene rings is 1. The van der Waals surface area contributed by atoms with Gasteiger partial charge in [0.15, 0.2) is 0 Å². The van der Waals surface area contributed by atoms with E-state index in [2.05, 4.69) is 42.0 Å². The van der Waals surface area contributed by atoms with Gasteiger partial charge < -0.3 is 15.8 Å². The monoisotopic (exact) mass is 465 g/mol. The topological polar surface area (TPSA) is 113 Å². The first-order valence-corrected chi connectivity index (χ1v) is 10.7. The summed E-state index contributed by atoms with van der Waals surface area (Å²) in [5.74, 6) is 0.913. The third kappa shape index (κ3) is 7.99. The molecule has 1 amide bonds. The molecule has 1 aromatic carbocycles. The molecule has 2 aliphatic heterocycles. The molecule has 2 aromatic rings. The van der Waals surface area contributed by atoms with Crippen molar-refractivity contribution >= 4 is 17.9 Å². The number of pyridine rings is 1. The summed E-state index contributed by atoms with van der Waals surface area (Å²) in [6, 6.07) is 9.79. The number of nitriles is 1. The molecular weight excluding hydrogens is 433 g/mol. The Morgan fingerprint density at radius 3 is 2.35 bits per heavy atom. The lowest BCUT2D eigenvalue weighted by atomic mass is 9.68. The van der Waals surface area contributed by atoms with Crippen LogP contribution in [-0.4, -0.2) is 36.5 Å². The maximum atomic E-state index is 12.2. The van der Waals surface area contributed by atoms with E-state index >= 15 is 0 Å². The average molecular weight is 466 g/mol. The van der Waals surface area contributed by atoms with Crippen molar-refractivity contribution in [3.8, 4) is 18.9 Å². The molecule has 0 aliphatic carbocycles. The molecule has 1 aromatic heterocycles. The van der Waals surface area contributed by atoms with Gasteiger partial charge in [0.05, 0.1) is 24.6 Å². The van der Waals surface area contributed by atoms with Crippen LogP contribution in [0.15, 0.2) is 41.5 Å². The third-order valence-corrected chi connectivity index (χ3v) is 5.75. The molecule has 34 heavy (non-hydrogen) atoms. The number of amides is 1. The summed E-state index contributed by atoms with van der Waals surface area (Å²) in [6.45, 7) is 9.90. The third-order valence-electron chi connectivity index (χ3n) is 5.75. The lowest BCUT2D eigenvalue weighted by molar-refractivity contribution is -0.138. The van der Waals surface area contributed by atoms with Crippen molar-refractivity contribution < 1.29 is 13.9 Å². The number of nitrogens with two attached hydrogens (primary N) is 1. The van der Waals surface area contributed by atoms with Crippen LogP contribution in [0.4, 0.5) is 10.1 Å². The van der Waals surface area contributed by atoms with E-state index in [-0.39, 0.29) is 5.82 Å². The Bertz CT molecular complexity index is 1020. The predicted octanol–water partition coefficient (Wildman–Crippen LogP) is 4.00. The van der Waals surface area contributed by atoms with Crippen LogP contribution in [0.3, 0.4) is 0 Å². The van der Waals surface area contributed by atoms with Crippen LogP contribution in [0, 0.1) is 55.2 Å². The number of aromatic nitrogens is 1. The highest BCUT2D eigenvalue weighted by Gasteiger charge is 2.47. The highest BCUT2D eigenvalue weighted by Crippen LogP contribution is 2.43. The summed E-state index contributed by atoms with van der Waals surface area (Å²) < 4.78 is 17.5. The van der Waals surface area contributed by atoms with Gasteiger partial charge in [-0.1, -0.05) is 6.92 Å². The number of ether oxygens (including phenoxy) is 1. The Balaban J connectivity index is 0.000000247. The molecule has 7 nitrogen and oxygen atoms in total. The minimum Gasteiger partial charge on any atom is -0.387 e. The minimum absolute atomic E-state index is 0.309. The Morgan fingerprint density at radius 1 is 1.26 bits per heavy atom. The lowest BCUT2D eigenvalue weighted by Gasteiger charge is -2.49. The van der Waals surface area contributed by atoms with Gasteiger partial charge in [0.2, 0.25) is 6.41 Å². The second-order valence-electron chi connectivity index (χ2n) is 8.19. The van der Waals surface area contributed by atoms with Crippen molar-refractivity contribution in [3.63, 3.8) is 0 Å². The number of amidine groups is 1. The fourth-order valence-corrected chi connectivity index (χ4v) is 3.54. The van der Waals surface area contributed by atoms with Gasteiger partial charge in [-0.15, -0.1) is 12.8 Å². The average Bonchev–Trinajstić information content (AvgIpc) is 2.81. The normalized spacial score (nSPS) is 19.1. The number of carbonyl (C=O) groups excluding carboxylic acids is 1. The summed E-state index contributed by atoms with van der Waals surface area (Å²) in [6.07, 6.45) is 11.3. The van der Waals surface area contributed by atoms with Crippen LogP contribution >= 0.6 is 0 Å². The summed E-state index contributed by atoms with van der Waals surface area (Å²) in [5, 5.41) is 10.9. The number of hydrogen-bond donors (Lipinski definition) is 2. The number of aryl methyl sites for hydroxylation is 2. The second-order valence-corrected chi connectivity index (χ2v) is 8.19. The molecule has 1 unspecified atom stereocenters. The van der Waals surface area contributed by atoms with Crippen molar-refractivity contribution in [1.82, 2.24) is 4.98 Å². The molecule has 2 aliphatic rings. The Morgan fingerprint density at radius 2 is 1.88 bits per heavy atom. The predicted molar refractivity (Wildman–Crippen MR) is 133 cm³/mol. The number of rotatable bonds is 2. The Hall–Kier alpha value is -3.75. The summed E-state index contributed by atoms with van der Waals surface area (Å²) >= 11 is 0. The van der Waals surface area contributed by atoms with E-state index in [1.165, 1.54) is 24.3 Å². The number of aliphatic imine (C=N–C) groups is 1. The van der Waals surface area contributed by atoms with E-state index in [9.17, 15) is 9.18 Å². The molecular formula is C26H32FN5O2. The van der Waals surface area contributed by atoms with E-state index in [4.69, 9.17) is 15.7 Å². The van der Waals surface area contributed by atoms with Crippen molar-refractivity contribution in [2.45, 2.75) is 40.2 Å². The van der Waals surface area contributed by atoms with Crippen molar-refractivity contribution in [2.75, 3.05) is 18.5 Å². The van der Waals surface area contributed by atoms with E-state index in [0.29, 0.717) is 35.0 Å². The van der Waals surface area contributed by atoms with Gasteiger partial charge in [-0.05, 0) is 63.1 Å². The standard InChI is InChI=1S/C9H16N2O.C8H8N2.C7H6FNO.C2H2/c1-6-3-9(4-12-5-9)7(2)8(10)11-6;1-6-3-8(4-9)5-10-7(6)2;8-6-1-3-7(4-2-6)9-5-10;1-2/h6-7H,3-5H2,1-2H3,(H2,10,11);3,5H,1-2H3;1-5H,(H,9,10);1-2H/t6-,7?;;;/m0.../s1. The molecule has 0 saturated carbocycles. The first kappa shape index (κ1) is 28.3. The number of nitrogens with one attached hydrogen (secondary N) is 1. The number of anilines is 1. The maximum Gasteiger partial charge on any atom is 0.211 e. The molecule has 0 radical (unpaired) electrons. The van der Waals surface area contributed by atoms with Crippen LogP contribution < -0.4 is 11.1 Å². The number of terminal acetylenes is 1. The van der Waals surface area contributed by atoms with Crippen LogP contribution in [-0.2, 0) is 9.53 Å². The molecule has 180 valence electrons. The highest BCUT2D eigenvalue weighted by molar-refractivity contribution is 5.84. The molecule has 1 spiro atoms. The Labute approximate surface area is 201 Å². The van der Waals surface area contributed by atoms with Crippen LogP contribution in [0.25, 0.3) is 0 Å². The molecule has 2 atom stereocenters. The SMILES string of the molecule is C#C.CC1C(N)=N[C@@H](C)CC12COC2.Cc1cc(C#N)cnc1C.O=CNc1ccc(F)cc1. The molecule has 3 N–H and O–H groups in total. The molecule has 4 rings (SSSR count). The van der Waals surface area contributed by atoms with E-state index in [1.54, 1.807) is 6.20 Å². The van der Waals surface area contributed by atoms with Gasteiger partial charge in [0, 0.05) is 35.0 Å². The van der Waals surface area contributed by atoms with E-state index in [0.717, 1.165) is 36.7 Å². The van der Waals surface area contributed by atoms with E-state index < -0.39 is 0 Å². The molecule has 8 heteroatoms. The number of halogens is 1. The maximum absolute atomic E-state index is 12.2. The van der Waals surface area contributed by atoms with Crippen molar-refractivity contribution in [2.24, 2.45) is 22.1 Å². The number of carbonyl (C=O) groups is 1. The Kier molecular flexibility index (Phi) is 11.4. The quantitative estimate of drug-likeness (QED) is 0.514. The van der Waals surface area contributed by atoms with Crippen LogP contribution in [0.2, 0.25) is 0 Å². The van der Waals surface area contributed by atoms with Gasteiger partial charge in [0.25, 0.3) is 0 Å². The summed E-state index contributed by atoms with van der Waals surface area (Å²) in [7, 11) is 0. The smallest absolute Gasteiger partial charge is 0.211 e. The van der Waals surface area contributed by atoms with Crippen LogP contribution in [0.1, 0.15) is 37.1 Å². The summed E-state index contributed by atoms with van der Waals surface area (Å²) in [5.41, 5.74) is 9.45. The molecule has 3 heterocycles.